The van der Waals surface area contributed by atoms with Crippen LogP contribution >= 0.6 is 0 Å². The maximum absolute atomic E-state index is 12.0. The van der Waals surface area contributed by atoms with Gasteiger partial charge in [0, 0.05) is 6.20 Å². The number of fused-ring (bicyclic) bond motifs is 2. The molecule has 0 aliphatic carbocycles. The minimum Gasteiger partial charge on any atom is -0.338 e. The molecule has 0 aliphatic rings. The molecule has 0 saturated carbocycles. The van der Waals surface area contributed by atoms with Crippen molar-refractivity contribution < 1.29 is 0 Å². The van der Waals surface area contributed by atoms with Gasteiger partial charge in [-0.2, -0.15) is 0 Å². The summed E-state index contributed by atoms with van der Waals surface area (Å²) in [5.74, 6) is 0. The quantitative estimate of drug-likeness (QED) is 0.521. The fourth-order valence-electron chi connectivity index (χ4n) is 1.64. The van der Waals surface area contributed by atoms with E-state index in [4.69, 9.17) is 0 Å². The number of nitrogens with one attached hydrogen (secondary N) is 2. The van der Waals surface area contributed by atoms with E-state index in [0.717, 1.165) is 0 Å². The number of hydrogen-bond acceptors (Lipinski definition) is 4. The van der Waals surface area contributed by atoms with E-state index in [0.29, 0.717) is 5.52 Å². The van der Waals surface area contributed by atoms with Crippen molar-refractivity contribution in [2.24, 2.45) is 0 Å². The first kappa shape index (κ1) is 8.78. The van der Waals surface area contributed by atoms with Gasteiger partial charge in [0.05, 0.1) is 11.8 Å². The SMILES string of the molecule is O=c1[nH]cnc2[nH]c3cccnc3c(=O)c12. The first-order valence-electron chi connectivity index (χ1n) is 4.62. The van der Waals surface area contributed by atoms with E-state index in [2.05, 4.69) is 19.9 Å². The molecule has 6 heteroatoms. The summed E-state index contributed by atoms with van der Waals surface area (Å²) in [6.45, 7) is 0. The Labute approximate surface area is 88.0 Å². The Morgan fingerprint density at radius 2 is 2.06 bits per heavy atom. The molecule has 0 bridgehead atoms. The van der Waals surface area contributed by atoms with Crippen LogP contribution in [0.2, 0.25) is 0 Å². The monoisotopic (exact) mass is 214 g/mol. The molecular weight excluding hydrogens is 208 g/mol. The molecule has 0 amide bonds. The van der Waals surface area contributed by atoms with Crippen molar-refractivity contribution in [1.29, 1.82) is 0 Å². The Kier molecular flexibility index (Phi) is 1.64. The second kappa shape index (κ2) is 2.99. The van der Waals surface area contributed by atoms with Gasteiger partial charge in [0.15, 0.2) is 0 Å². The third-order valence-electron chi connectivity index (χ3n) is 2.36. The molecule has 0 aliphatic heterocycles. The standard InChI is InChI=1S/C10H6N4O2/c15-8-6-9(12-4-13-10(6)16)14-5-2-1-3-11-7(5)8/h1-4H,(H2,12,13,14,15,16). The highest BCUT2D eigenvalue weighted by Crippen LogP contribution is 2.06. The number of aromatic nitrogens is 4. The molecule has 3 rings (SSSR count). The van der Waals surface area contributed by atoms with Gasteiger partial charge in [-0.15, -0.1) is 0 Å². The molecule has 6 nitrogen and oxygen atoms in total. The van der Waals surface area contributed by atoms with Crippen LogP contribution in [0, 0.1) is 0 Å². The van der Waals surface area contributed by atoms with Gasteiger partial charge in [-0.05, 0) is 12.1 Å². The van der Waals surface area contributed by atoms with Crippen LogP contribution in [0.4, 0.5) is 0 Å². The summed E-state index contributed by atoms with van der Waals surface area (Å²) >= 11 is 0. The molecule has 0 radical (unpaired) electrons. The Morgan fingerprint density at radius 3 is 2.94 bits per heavy atom. The molecule has 0 saturated heterocycles. The number of H-pyrrole nitrogens is 2. The Morgan fingerprint density at radius 1 is 1.19 bits per heavy atom. The van der Waals surface area contributed by atoms with Gasteiger partial charge in [-0.3, -0.25) is 14.6 Å². The number of nitrogens with zero attached hydrogens (tertiary/aromatic N) is 2. The van der Waals surface area contributed by atoms with Crippen LogP contribution in [0.1, 0.15) is 0 Å². The van der Waals surface area contributed by atoms with Gasteiger partial charge in [0.25, 0.3) is 5.56 Å². The minimum atomic E-state index is -0.459. The maximum Gasteiger partial charge on any atom is 0.264 e. The fraction of sp³-hybridized carbons (Fsp3) is 0. The van der Waals surface area contributed by atoms with Crippen LogP contribution in [0.25, 0.3) is 22.1 Å². The summed E-state index contributed by atoms with van der Waals surface area (Å²) in [5, 5.41) is 0.00806. The highest BCUT2D eigenvalue weighted by molar-refractivity contribution is 5.87. The van der Waals surface area contributed by atoms with Crippen LogP contribution < -0.4 is 11.0 Å². The zero-order valence-electron chi connectivity index (χ0n) is 8.02. The lowest BCUT2D eigenvalue weighted by Gasteiger charge is -1.98. The van der Waals surface area contributed by atoms with Crippen molar-refractivity contribution in [2.75, 3.05) is 0 Å². The molecule has 3 aromatic heterocycles. The summed E-state index contributed by atoms with van der Waals surface area (Å²) in [5.41, 5.74) is 0.221. The zero-order chi connectivity index (χ0) is 11.1. The lowest BCUT2D eigenvalue weighted by atomic mass is 10.2. The third-order valence-corrected chi connectivity index (χ3v) is 2.36. The van der Waals surface area contributed by atoms with E-state index in [-0.39, 0.29) is 16.6 Å². The van der Waals surface area contributed by atoms with Crippen LogP contribution in [0.5, 0.6) is 0 Å². The van der Waals surface area contributed by atoms with Gasteiger partial charge in [-0.1, -0.05) is 0 Å². The van der Waals surface area contributed by atoms with Gasteiger partial charge >= 0.3 is 0 Å². The molecule has 0 atom stereocenters. The fourth-order valence-corrected chi connectivity index (χ4v) is 1.64. The zero-order valence-corrected chi connectivity index (χ0v) is 8.02. The predicted molar refractivity (Wildman–Crippen MR) is 58.3 cm³/mol. The van der Waals surface area contributed by atoms with E-state index in [9.17, 15) is 9.59 Å². The molecule has 0 fully saturated rings. The number of hydrogen-bond donors (Lipinski definition) is 2. The first-order chi connectivity index (χ1) is 7.77. The molecule has 0 aromatic carbocycles. The number of rotatable bonds is 0. The highest BCUT2D eigenvalue weighted by atomic mass is 16.1. The molecule has 16 heavy (non-hydrogen) atoms. The van der Waals surface area contributed by atoms with E-state index in [1.54, 1.807) is 12.1 Å². The van der Waals surface area contributed by atoms with E-state index in [1.807, 2.05) is 0 Å². The van der Waals surface area contributed by atoms with E-state index < -0.39 is 11.0 Å². The van der Waals surface area contributed by atoms with Gasteiger partial charge in [0.1, 0.15) is 16.6 Å². The maximum atomic E-state index is 12.0. The molecule has 2 N–H and O–H groups in total. The van der Waals surface area contributed by atoms with Gasteiger partial charge in [-0.25, -0.2) is 4.98 Å². The summed E-state index contributed by atoms with van der Waals surface area (Å²) in [4.78, 5) is 36.6. The Balaban J connectivity index is 2.73. The molecule has 3 heterocycles. The van der Waals surface area contributed by atoms with E-state index in [1.165, 1.54) is 12.5 Å². The molecule has 0 spiro atoms. The second-order valence-corrected chi connectivity index (χ2v) is 3.31. The minimum absolute atomic E-state index is 0.00806. The molecule has 78 valence electrons. The Bertz CT molecular complexity index is 803. The van der Waals surface area contributed by atoms with Crippen LogP contribution in [0.3, 0.4) is 0 Å². The summed E-state index contributed by atoms with van der Waals surface area (Å²) in [6.07, 6.45) is 2.76. The van der Waals surface area contributed by atoms with Crippen molar-refractivity contribution in [3.63, 3.8) is 0 Å². The summed E-state index contributed by atoms with van der Waals surface area (Å²) < 4.78 is 0. The van der Waals surface area contributed by atoms with Crippen molar-refractivity contribution in [3.8, 4) is 0 Å². The lowest BCUT2D eigenvalue weighted by molar-refractivity contribution is 1.14. The van der Waals surface area contributed by atoms with Crippen LogP contribution in [0.15, 0.2) is 34.2 Å². The van der Waals surface area contributed by atoms with E-state index >= 15 is 0 Å². The normalized spacial score (nSPS) is 11.0. The summed E-state index contributed by atoms with van der Waals surface area (Å²) in [6, 6.07) is 3.42. The second-order valence-electron chi connectivity index (χ2n) is 3.31. The smallest absolute Gasteiger partial charge is 0.264 e. The third kappa shape index (κ3) is 1.07. The van der Waals surface area contributed by atoms with Gasteiger partial charge in [0.2, 0.25) is 5.43 Å². The lowest BCUT2D eigenvalue weighted by Crippen LogP contribution is -2.18. The predicted octanol–water partition coefficient (Wildman–Crippen LogP) is 0.160. The first-order valence-corrected chi connectivity index (χ1v) is 4.62. The Hall–Kier alpha value is -2.50. The van der Waals surface area contributed by atoms with Crippen molar-refractivity contribution in [2.45, 2.75) is 0 Å². The van der Waals surface area contributed by atoms with Crippen molar-refractivity contribution in [3.05, 3.63) is 45.2 Å². The molecule has 3 aromatic rings. The number of aromatic amines is 2. The highest BCUT2D eigenvalue weighted by Gasteiger charge is 2.09. The molecular formula is C10H6N4O2. The largest absolute Gasteiger partial charge is 0.338 e. The van der Waals surface area contributed by atoms with Crippen LogP contribution in [-0.2, 0) is 0 Å². The number of pyridine rings is 2. The average molecular weight is 214 g/mol. The van der Waals surface area contributed by atoms with Gasteiger partial charge < -0.3 is 9.97 Å². The topological polar surface area (TPSA) is 91.5 Å². The van der Waals surface area contributed by atoms with Crippen molar-refractivity contribution >= 4 is 22.1 Å². The summed E-state index contributed by atoms with van der Waals surface area (Å²) in [7, 11) is 0. The molecule has 0 unspecified atom stereocenters. The van der Waals surface area contributed by atoms with Crippen molar-refractivity contribution in [1.82, 2.24) is 19.9 Å². The van der Waals surface area contributed by atoms with Crippen LogP contribution in [-0.4, -0.2) is 19.9 Å². The average Bonchev–Trinajstić information content (AvgIpc) is 2.29.